The summed E-state index contributed by atoms with van der Waals surface area (Å²) < 4.78 is 10.6. The average molecular weight is 306 g/mol. The van der Waals surface area contributed by atoms with Crippen molar-refractivity contribution in [3.63, 3.8) is 0 Å². The van der Waals surface area contributed by atoms with E-state index in [1.54, 1.807) is 24.3 Å². The third-order valence-corrected chi connectivity index (χ3v) is 4.58. The van der Waals surface area contributed by atoms with E-state index in [-0.39, 0.29) is 23.8 Å². The molecule has 2 saturated heterocycles. The summed E-state index contributed by atoms with van der Waals surface area (Å²) in [4.78, 5) is 28.3. The Morgan fingerprint density at radius 3 is 2.82 bits per heavy atom. The Balaban J connectivity index is 1.55. The molecule has 1 aromatic rings. The zero-order valence-corrected chi connectivity index (χ0v) is 12.9. The summed E-state index contributed by atoms with van der Waals surface area (Å²) in [6.45, 7) is 2.38. The molecule has 0 aliphatic carbocycles. The van der Waals surface area contributed by atoms with Gasteiger partial charge >= 0.3 is 0 Å². The smallest absolute Gasteiger partial charge is 0.227 e. The molecule has 120 valence electrons. The molecule has 2 aliphatic rings. The van der Waals surface area contributed by atoms with Crippen molar-refractivity contribution in [2.24, 2.45) is 5.92 Å². The fourth-order valence-electron chi connectivity index (χ4n) is 3.25. The number of nitrogens with zero attached hydrogens (tertiary/aromatic N) is 2. The standard InChI is InChI=1S/C16H22N2O4/c1-21-13-4-6-17(7-5-13)16(20)12-9-15(19)18(10-12)11-14-3-2-8-22-14/h2-3,8,12-13H,4-7,9-11H2,1H3. The van der Waals surface area contributed by atoms with Crippen LogP contribution >= 0.6 is 0 Å². The molecule has 0 radical (unpaired) electrons. The quantitative estimate of drug-likeness (QED) is 0.840. The van der Waals surface area contributed by atoms with E-state index in [1.807, 2.05) is 11.0 Å². The molecule has 0 aromatic carbocycles. The van der Waals surface area contributed by atoms with Crippen LogP contribution in [-0.2, 0) is 20.9 Å². The Bertz CT molecular complexity index is 520. The topological polar surface area (TPSA) is 63.0 Å². The molecule has 1 unspecified atom stereocenters. The third kappa shape index (κ3) is 3.16. The van der Waals surface area contributed by atoms with E-state index in [1.165, 1.54) is 0 Å². The fraction of sp³-hybridized carbons (Fsp3) is 0.625. The highest BCUT2D eigenvalue weighted by Gasteiger charge is 2.37. The Kier molecular flexibility index (Phi) is 4.47. The summed E-state index contributed by atoms with van der Waals surface area (Å²) in [6, 6.07) is 3.65. The van der Waals surface area contributed by atoms with Gasteiger partial charge in [-0.15, -0.1) is 0 Å². The van der Waals surface area contributed by atoms with Gasteiger partial charge in [0.15, 0.2) is 0 Å². The minimum absolute atomic E-state index is 0.0292. The van der Waals surface area contributed by atoms with Crippen molar-refractivity contribution < 1.29 is 18.7 Å². The van der Waals surface area contributed by atoms with Crippen molar-refractivity contribution in [2.75, 3.05) is 26.7 Å². The van der Waals surface area contributed by atoms with Gasteiger partial charge in [0.05, 0.1) is 24.8 Å². The maximum absolute atomic E-state index is 12.6. The Labute approximate surface area is 130 Å². The molecule has 22 heavy (non-hydrogen) atoms. The van der Waals surface area contributed by atoms with Crippen LogP contribution in [0.1, 0.15) is 25.0 Å². The van der Waals surface area contributed by atoms with Crippen LogP contribution < -0.4 is 0 Å². The lowest BCUT2D eigenvalue weighted by Crippen LogP contribution is -2.44. The van der Waals surface area contributed by atoms with Crippen LogP contribution in [0.4, 0.5) is 0 Å². The number of hydrogen-bond donors (Lipinski definition) is 0. The van der Waals surface area contributed by atoms with E-state index >= 15 is 0 Å². The van der Waals surface area contributed by atoms with E-state index in [4.69, 9.17) is 9.15 Å². The Morgan fingerprint density at radius 1 is 1.41 bits per heavy atom. The van der Waals surface area contributed by atoms with Crippen LogP contribution in [0.5, 0.6) is 0 Å². The Hall–Kier alpha value is -1.82. The minimum atomic E-state index is -0.221. The molecular weight excluding hydrogens is 284 g/mol. The molecule has 1 atom stereocenters. The van der Waals surface area contributed by atoms with Crippen LogP contribution in [0, 0.1) is 5.92 Å². The summed E-state index contributed by atoms with van der Waals surface area (Å²) in [5.41, 5.74) is 0. The van der Waals surface area contributed by atoms with Gasteiger partial charge in [0, 0.05) is 33.2 Å². The molecule has 2 fully saturated rings. The molecule has 0 bridgehead atoms. The van der Waals surface area contributed by atoms with Gasteiger partial charge in [-0.1, -0.05) is 0 Å². The first-order valence-corrected chi connectivity index (χ1v) is 7.79. The third-order valence-electron chi connectivity index (χ3n) is 4.58. The number of ether oxygens (including phenoxy) is 1. The number of amides is 2. The van der Waals surface area contributed by atoms with Gasteiger partial charge in [0.1, 0.15) is 5.76 Å². The van der Waals surface area contributed by atoms with Crippen LogP contribution in [-0.4, -0.2) is 54.5 Å². The summed E-state index contributed by atoms with van der Waals surface area (Å²) in [6.07, 6.45) is 3.91. The normalized spacial score (nSPS) is 23.3. The molecule has 2 amide bonds. The van der Waals surface area contributed by atoms with Crippen LogP contribution in [0.3, 0.4) is 0 Å². The van der Waals surface area contributed by atoms with E-state index < -0.39 is 0 Å². The van der Waals surface area contributed by atoms with E-state index in [0.29, 0.717) is 19.5 Å². The second-order valence-electron chi connectivity index (χ2n) is 6.02. The minimum Gasteiger partial charge on any atom is -0.467 e. The van der Waals surface area contributed by atoms with Gasteiger partial charge in [-0.25, -0.2) is 0 Å². The second-order valence-corrected chi connectivity index (χ2v) is 6.02. The number of furan rings is 1. The molecular formula is C16H22N2O4. The summed E-state index contributed by atoms with van der Waals surface area (Å²) in [5.74, 6) is 0.662. The van der Waals surface area contributed by atoms with Gasteiger partial charge in [0.2, 0.25) is 11.8 Å². The lowest BCUT2D eigenvalue weighted by atomic mass is 10.0. The van der Waals surface area contributed by atoms with Gasteiger partial charge in [0.25, 0.3) is 0 Å². The van der Waals surface area contributed by atoms with Crippen molar-refractivity contribution in [2.45, 2.75) is 31.9 Å². The predicted octanol–water partition coefficient (Wildman–Crippen LogP) is 1.27. The zero-order valence-electron chi connectivity index (χ0n) is 12.9. The summed E-state index contributed by atoms with van der Waals surface area (Å²) >= 11 is 0. The maximum Gasteiger partial charge on any atom is 0.227 e. The van der Waals surface area contributed by atoms with Gasteiger partial charge in [-0.05, 0) is 25.0 Å². The maximum atomic E-state index is 12.6. The number of hydrogen-bond acceptors (Lipinski definition) is 4. The molecule has 3 rings (SSSR count). The average Bonchev–Trinajstić information content (AvgIpc) is 3.18. The van der Waals surface area contributed by atoms with Crippen molar-refractivity contribution in [1.82, 2.24) is 9.80 Å². The van der Waals surface area contributed by atoms with Crippen LogP contribution in [0.15, 0.2) is 22.8 Å². The molecule has 1 aromatic heterocycles. The first-order valence-electron chi connectivity index (χ1n) is 7.79. The largest absolute Gasteiger partial charge is 0.467 e. The molecule has 0 spiro atoms. The van der Waals surface area contributed by atoms with Crippen molar-refractivity contribution in [3.05, 3.63) is 24.2 Å². The second kappa shape index (κ2) is 6.52. The monoisotopic (exact) mass is 306 g/mol. The summed E-state index contributed by atoms with van der Waals surface area (Å²) in [5, 5.41) is 0. The molecule has 2 aliphatic heterocycles. The first kappa shape index (κ1) is 15.1. The number of carbonyl (C=O) groups is 2. The van der Waals surface area contributed by atoms with E-state index in [2.05, 4.69) is 0 Å². The number of carbonyl (C=O) groups excluding carboxylic acids is 2. The SMILES string of the molecule is COC1CCN(C(=O)C2CC(=O)N(Cc3ccco3)C2)CC1. The van der Waals surface area contributed by atoms with Crippen molar-refractivity contribution in [1.29, 1.82) is 0 Å². The van der Waals surface area contributed by atoms with Gasteiger partial charge < -0.3 is 19.0 Å². The fourth-order valence-corrected chi connectivity index (χ4v) is 3.25. The molecule has 6 heteroatoms. The molecule has 6 nitrogen and oxygen atoms in total. The number of likely N-dealkylation sites (tertiary alicyclic amines) is 2. The molecule has 0 N–H and O–H groups in total. The number of methoxy groups -OCH3 is 1. The van der Waals surface area contributed by atoms with Crippen LogP contribution in [0.2, 0.25) is 0 Å². The highest BCUT2D eigenvalue weighted by atomic mass is 16.5. The van der Waals surface area contributed by atoms with E-state index in [0.717, 1.165) is 31.7 Å². The summed E-state index contributed by atoms with van der Waals surface area (Å²) in [7, 11) is 1.71. The van der Waals surface area contributed by atoms with Crippen molar-refractivity contribution in [3.8, 4) is 0 Å². The van der Waals surface area contributed by atoms with Gasteiger partial charge in [-0.3, -0.25) is 9.59 Å². The lowest BCUT2D eigenvalue weighted by Gasteiger charge is -2.32. The lowest BCUT2D eigenvalue weighted by molar-refractivity contribution is -0.138. The van der Waals surface area contributed by atoms with Crippen LogP contribution in [0.25, 0.3) is 0 Å². The first-order chi connectivity index (χ1) is 10.7. The van der Waals surface area contributed by atoms with E-state index in [9.17, 15) is 9.59 Å². The highest BCUT2D eigenvalue weighted by Crippen LogP contribution is 2.24. The Morgan fingerprint density at radius 2 is 2.18 bits per heavy atom. The molecule has 3 heterocycles. The predicted molar refractivity (Wildman–Crippen MR) is 78.8 cm³/mol. The number of rotatable bonds is 4. The highest BCUT2D eigenvalue weighted by molar-refractivity contribution is 5.89. The zero-order chi connectivity index (χ0) is 15.5. The number of piperidine rings is 1. The van der Waals surface area contributed by atoms with Gasteiger partial charge in [-0.2, -0.15) is 0 Å². The van der Waals surface area contributed by atoms with Crippen molar-refractivity contribution >= 4 is 11.8 Å². The molecule has 0 saturated carbocycles.